The molecule has 0 saturated carbocycles. The SMILES string of the molecule is CCCCCCCOCCC(C)(NC(C)C)C(=O)OC. The highest BCUT2D eigenvalue weighted by atomic mass is 16.5. The lowest BCUT2D eigenvalue weighted by Crippen LogP contribution is -2.53. The van der Waals surface area contributed by atoms with Gasteiger partial charge < -0.3 is 9.47 Å². The van der Waals surface area contributed by atoms with Crippen molar-refractivity contribution in [3.05, 3.63) is 0 Å². The predicted octanol–water partition coefficient (Wildman–Crippen LogP) is 3.29. The van der Waals surface area contributed by atoms with Gasteiger partial charge in [0.25, 0.3) is 0 Å². The molecular formula is C16H33NO3. The first kappa shape index (κ1) is 19.4. The van der Waals surface area contributed by atoms with E-state index in [-0.39, 0.29) is 12.0 Å². The maximum absolute atomic E-state index is 11.9. The van der Waals surface area contributed by atoms with Gasteiger partial charge in [-0.05, 0) is 33.6 Å². The van der Waals surface area contributed by atoms with Crippen molar-refractivity contribution in [2.24, 2.45) is 0 Å². The maximum atomic E-state index is 11.9. The van der Waals surface area contributed by atoms with Gasteiger partial charge in [-0.15, -0.1) is 0 Å². The molecule has 0 fully saturated rings. The lowest BCUT2D eigenvalue weighted by molar-refractivity contribution is -0.149. The number of carbonyl (C=O) groups excluding carboxylic acids is 1. The van der Waals surface area contributed by atoms with Crippen LogP contribution in [0.3, 0.4) is 0 Å². The van der Waals surface area contributed by atoms with Crippen LogP contribution in [-0.2, 0) is 14.3 Å². The van der Waals surface area contributed by atoms with E-state index in [1.807, 2.05) is 20.8 Å². The number of methoxy groups -OCH3 is 1. The summed E-state index contributed by atoms with van der Waals surface area (Å²) >= 11 is 0. The van der Waals surface area contributed by atoms with Crippen molar-refractivity contribution in [1.29, 1.82) is 0 Å². The second kappa shape index (κ2) is 11.1. The van der Waals surface area contributed by atoms with Crippen molar-refractivity contribution < 1.29 is 14.3 Å². The molecule has 0 radical (unpaired) electrons. The van der Waals surface area contributed by atoms with Crippen LogP contribution < -0.4 is 5.32 Å². The van der Waals surface area contributed by atoms with Crippen molar-refractivity contribution in [3.8, 4) is 0 Å². The van der Waals surface area contributed by atoms with Crippen molar-refractivity contribution in [2.45, 2.75) is 77.8 Å². The average Bonchev–Trinajstić information content (AvgIpc) is 2.40. The highest BCUT2D eigenvalue weighted by Gasteiger charge is 2.34. The second-order valence-corrected chi connectivity index (χ2v) is 5.90. The number of ether oxygens (including phenoxy) is 2. The number of hydrogen-bond donors (Lipinski definition) is 1. The summed E-state index contributed by atoms with van der Waals surface area (Å²) in [6.45, 7) is 9.50. The predicted molar refractivity (Wildman–Crippen MR) is 82.9 cm³/mol. The molecule has 4 heteroatoms. The zero-order chi connectivity index (χ0) is 15.4. The van der Waals surface area contributed by atoms with E-state index >= 15 is 0 Å². The molecule has 0 aliphatic heterocycles. The number of carbonyl (C=O) groups is 1. The van der Waals surface area contributed by atoms with E-state index in [0.29, 0.717) is 13.0 Å². The monoisotopic (exact) mass is 287 g/mol. The van der Waals surface area contributed by atoms with Gasteiger partial charge in [0.2, 0.25) is 0 Å². The lowest BCUT2D eigenvalue weighted by atomic mass is 9.97. The Morgan fingerprint density at radius 1 is 1.15 bits per heavy atom. The largest absolute Gasteiger partial charge is 0.468 e. The van der Waals surface area contributed by atoms with Gasteiger partial charge >= 0.3 is 5.97 Å². The zero-order valence-electron chi connectivity index (χ0n) is 14.0. The van der Waals surface area contributed by atoms with Gasteiger partial charge in [0.1, 0.15) is 5.54 Å². The molecule has 0 saturated heterocycles. The topological polar surface area (TPSA) is 47.6 Å². The fraction of sp³-hybridized carbons (Fsp3) is 0.938. The molecule has 0 bridgehead atoms. The molecule has 0 aliphatic carbocycles. The van der Waals surface area contributed by atoms with Crippen LogP contribution in [0.1, 0.15) is 66.2 Å². The Labute approximate surface area is 124 Å². The first-order valence-corrected chi connectivity index (χ1v) is 7.90. The van der Waals surface area contributed by atoms with Crippen LogP contribution in [0.25, 0.3) is 0 Å². The number of hydrogen-bond acceptors (Lipinski definition) is 4. The molecule has 1 N–H and O–H groups in total. The minimum atomic E-state index is -0.662. The first-order chi connectivity index (χ1) is 9.46. The molecule has 0 heterocycles. The van der Waals surface area contributed by atoms with Gasteiger partial charge in [-0.2, -0.15) is 0 Å². The lowest BCUT2D eigenvalue weighted by Gasteiger charge is -2.30. The summed E-state index contributed by atoms with van der Waals surface area (Å²) in [7, 11) is 1.43. The van der Waals surface area contributed by atoms with Gasteiger partial charge in [0, 0.05) is 19.3 Å². The van der Waals surface area contributed by atoms with Gasteiger partial charge in [0.05, 0.1) is 7.11 Å². The van der Waals surface area contributed by atoms with Crippen LogP contribution in [0.15, 0.2) is 0 Å². The van der Waals surface area contributed by atoms with Crippen LogP contribution in [0.5, 0.6) is 0 Å². The normalized spacial score (nSPS) is 14.3. The van der Waals surface area contributed by atoms with E-state index in [1.54, 1.807) is 0 Å². The van der Waals surface area contributed by atoms with Crippen molar-refractivity contribution in [2.75, 3.05) is 20.3 Å². The summed E-state index contributed by atoms with van der Waals surface area (Å²) in [5.74, 6) is -0.224. The quantitative estimate of drug-likeness (QED) is 0.442. The van der Waals surface area contributed by atoms with Crippen LogP contribution >= 0.6 is 0 Å². The molecule has 0 aromatic heterocycles. The molecule has 0 spiro atoms. The van der Waals surface area contributed by atoms with Crippen molar-refractivity contribution in [1.82, 2.24) is 5.32 Å². The molecule has 0 aromatic rings. The van der Waals surface area contributed by atoms with Gasteiger partial charge in [-0.25, -0.2) is 0 Å². The molecule has 0 aromatic carbocycles. The summed E-state index contributed by atoms with van der Waals surface area (Å²) in [4.78, 5) is 11.9. The summed E-state index contributed by atoms with van der Waals surface area (Å²) in [5.41, 5.74) is -0.662. The number of unbranched alkanes of at least 4 members (excludes halogenated alkanes) is 4. The molecule has 0 aliphatic rings. The molecule has 120 valence electrons. The van der Waals surface area contributed by atoms with E-state index < -0.39 is 5.54 Å². The number of esters is 1. The fourth-order valence-electron chi connectivity index (χ4n) is 2.28. The standard InChI is InChI=1S/C16H33NO3/c1-6-7-8-9-10-12-20-13-11-16(4,15(18)19-5)17-14(2)3/h14,17H,6-13H2,1-5H3. The van der Waals surface area contributed by atoms with Gasteiger partial charge in [-0.3, -0.25) is 10.1 Å². The van der Waals surface area contributed by atoms with E-state index in [2.05, 4.69) is 12.2 Å². The summed E-state index contributed by atoms with van der Waals surface area (Å²) in [6.07, 6.45) is 6.82. The maximum Gasteiger partial charge on any atom is 0.325 e. The molecule has 1 atom stereocenters. The minimum Gasteiger partial charge on any atom is -0.468 e. The zero-order valence-corrected chi connectivity index (χ0v) is 14.0. The molecule has 0 amide bonds. The third-order valence-corrected chi connectivity index (χ3v) is 3.38. The Bertz CT molecular complexity index is 256. The highest BCUT2D eigenvalue weighted by Crippen LogP contribution is 2.13. The fourth-order valence-corrected chi connectivity index (χ4v) is 2.28. The number of rotatable bonds is 12. The first-order valence-electron chi connectivity index (χ1n) is 7.90. The summed E-state index contributed by atoms with van der Waals surface area (Å²) in [5, 5.41) is 3.27. The van der Waals surface area contributed by atoms with Crippen LogP contribution in [0.4, 0.5) is 0 Å². The molecular weight excluding hydrogens is 254 g/mol. The molecule has 1 unspecified atom stereocenters. The molecule has 4 nitrogen and oxygen atoms in total. The van der Waals surface area contributed by atoms with Crippen LogP contribution in [0, 0.1) is 0 Å². The Morgan fingerprint density at radius 3 is 2.35 bits per heavy atom. The van der Waals surface area contributed by atoms with Crippen LogP contribution in [0.2, 0.25) is 0 Å². The van der Waals surface area contributed by atoms with E-state index in [9.17, 15) is 4.79 Å². The Balaban J connectivity index is 3.88. The number of nitrogens with one attached hydrogen (secondary N) is 1. The molecule has 20 heavy (non-hydrogen) atoms. The molecule has 0 rings (SSSR count). The van der Waals surface area contributed by atoms with E-state index in [4.69, 9.17) is 9.47 Å². The van der Waals surface area contributed by atoms with Crippen LogP contribution in [-0.4, -0.2) is 37.9 Å². The summed E-state index contributed by atoms with van der Waals surface area (Å²) in [6, 6.07) is 0.230. The smallest absolute Gasteiger partial charge is 0.325 e. The third kappa shape index (κ3) is 8.54. The van der Waals surface area contributed by atoms with Crippen molar-refractivity contribution in [3.63, 3.8) is 0 Å². The van der Waals surface area contributed by atoms with Crippen molar-refractivity contribution >= 4 is 5.97 Å². The Hall–Kier alpha value is -0.610. The van der Waals surface area contributed by atoms with Gasteiger partial charge in [0.15, 0.2) is 0 Å². The Morgan fingerprint density at radius 2 is 1.80 bits per heavy atom. The minimum absolute atomic E-state index is 0.224. The second-order valence-electron chi connectivity index (χ2n) is 5.90. The van der Waals surface area contributed by atoms with Gasteiger partial charge in [-0.1, -0.05) is 32.6 Å². The highest BCUT2D eigenvalue weighted by molar-refractivity contribution is 5.80. The third-order valence-electron chi connectivity index (χ3n) is 3.38. The van der Waals surface area contributed by atoms with E-state index in [0.717, 1.165) is 13.0 Å². The average molecular weight is 287 g/mol. The Kier molecular flexibility index (Phi) is 10.8. The van der Waals surface area contributed by atoms with E-state index in [1.165, 1.54) is 32.8 Å². The summed E-state index contributed by atoms with van der Waals surface area (Å²) < 4.78 is 10.5.